The molecular weight excluding hydrogens is 255 g/mol. The van der Waals surface area contributed by atoms with Gasteiger partial charge in [0.1, 0.15) is 5.82 Å². The number of nitrogens with two attached hydrogens (primary N) is 1. The molecule has 1 aliphatic rings. The maximum absolute atomic E-state index is 13.4. The number of hydrogen-bond acceptors (Lipinski definition) is 3. The van der Waals surface area contributed by atoms with Crippen LogP contribution >= 0.6 is 0 Å². The van der Waals surface area contributed by atoms with E-state index in [2.05, 4.69) is 4.90 Å². The molecule has 0 bridgehead atoms. The first-order valence-electron chi connectivity index (χ1n) is 7.36. The third kappa shape index (κ3) is 4.27. The van der Waals surface area contributed by atoms with Crippen molar-refractivity contribution in [1.82, 2.24) is 4.90 Å². The van der Waals surface area contributed by atoms with Gasteiger partial charge in [0, 0.05) is 25.7 Å². The fourth-order valence-electron chi connectivity index (χ4n) is 2.41. The number of ether oxygens (including phenoxy) is 1. The van der Waals surface area contributed by atoms with Crippen LogP contribution in [0.15, 0.2) is 18.2 Å². The summed E-state index contributed by atoms with van der Waals surface area (Å²) in [5, 5.41) is 0. The van der Waals surface area contributed by atoms with Gasteiger partial charge in [-0.05, 0) is 56.0 Å². The van der Waals surface area contributed by atoms with E-state index in [4.69, 9.17) is 10.5 Å². The number of aryl methyl sites for hydroxylation is 1. The molecule has 1 unspecified atom stereocenters. The number of hydrogen-bond donors (Lipinski definition) is 1. The third-order valence-corrected chi connectivity index (χ3v) is 3.99. The molecule has 1 fully saturated rings. The van der Waals surface area contributed by atoms with Crippen LogP contribution in [0.1, 0.15) is 30.0 Å². The molecule has 0 saturated heterocycles. The van der Waals surface area contributed by atoms with Crippen LogP contribution in [0.3, 0.4) is 0 Å². The third-order valence-electron chi connectivity index (χ3n) is 3.99. The Bertz CT molecular complexity index is 434. The maximum Gasteiger partial charge on any atom is 0.123 e. The van der Waals surface area contributed by atoms with Crippen LogP contribution in [0.4, 0.5) is 4.39 Å². The molecule has 1 aromatic rings. The van der Waals surface area contributed by atoms with Crippen LogP contribution in [0.2, 0.25) is 0 Å². The van der Waals surface area contributed by atoms with Gasteiger partial charge in [0.25, 0.3) is 0 Å². The smallest absolute Gasteiger partial charge is 0.123 e. The van der Waals surface area contributed by atoms with Crippen molar-refractivity contribution in [1.29, 1.82) is 0 Å². The zero-order valence-corrected chi connectivity index (χ0v) is 12.4. The summed E-state index contributed by atoms with van der Waals surface area (Å²) in [5.74, 6) is 0.582. The number of halogens is 1. The molecule has 0 aromatic heterocycles. The summed E-state index contributed by atoms with van der Waals surface area (Å²) in [5.41, 5.74) is 7.93. The number of benzene rings is 1. The Kier molecular flexibility index (Phi) is 5.52. The van der Waals surface area contributed by atoms with Gasteiger partial charge in [0.05, 0.1) is 6.61 Å². The summed E-state index contributed by atoms with van der Waals surface area (Å²) in [6.07, 6.45) is 2.62. The van der Waals surface area contributed by atoms with Crippen molar-refractivity contribution in [3.8, 4) is 0 Å². The quantitative estimate of drug-likeness (QED) is 0.744. The van der Waals surface area contributed by atoms with Crippen molar-refractivity contribution < 1.29 is 9.13 Å². The SMILES string of the molecule is Cc1ccc(F)cc1C(CN)N(C)CCOCC1CC1. The first-order valence-corrected chi connectivity index (χ1v) is 7.36. The minimum absolute atomic E-state index is 0.0372. The van der Waals surface area contributed by atoms with E-state index in [9.17, 15) is 4.39 Å². The molecule has 0 spiro atoms. The summed E-state index contributed by atoms with van der Waals surface area (Å²) >= 11 is 0. The van der Waals surface area contributed by atoms with E-state index in [1.54, 1.807) is 6.07 Å². The van der Waals surface area contributed by atoms with Gasteiger partial charge >= 0.3 is 0 Å². The highest BCUT2D eigenvalue weighted by Crippen LogP contribution is 2.28. The van der Waals surface area contributed by atoms with Gasteiger partial charge in [-0.3, -0.25) is 4.90 Å². The Morgan fingerprint density at radius 3 is 2.85 bits per heavy atom. The summed E-state index contributed by atoms with van der Waals surface area (Å²) in [7, 11) is 2.02. The van der Waals surface area contributed by atoms with Crippen molar-refractivity contribution in [3.63, 3.8) is 0 Å². The molecule has 1 atom stereocenters. The molecule has 0 aliphatic heterocycles. The van der Waals surface area contributed by atoms with Crippen molar-refractivity contribution >= 4 is 0 Å². The molecule has 0 amide bonds. The predicted molar refractivity (Wildman–Crippen MR) is 79.1 cm³/mol. The van der Waals surface area contributed by atoms with Crippen molar-refractivity contribution in [3.05, 3.63) is 35.1 Å². The monoisotopic (exact) mass is 280 g/mol. The summed E-state index contributed by atoms with van der Waals surface area (Å²) in [4.78, 5) is 2.15. The standard InChI is InChI=1S/C16H25FN2O/c1-12-3-6-14(17)9-15(12)16(10-18)19(2)7-8-20-11-13-4-5-13/h3,6,9,13,16H,4-5,7-8,10-11,18H2,1-2H3. The van der Waals surface area contributed by atoms with E-state index in [0.717, 1.165) is 30.2 Å². The van der Waals surface area contributed by atoms with Gasteiger partial charge in [-0.25, -0.2) is 4.39 Å². The Hall–Kier alpha value is -0.970. The zero-order chi connectivity index (χ0) is 14.5. The normalized spacial score (nSPS) is 16.6. The Morgan fingerprint density at radius 1 is 1.45 bits per heavy atom. The number of rotatable bonds is 8. The van der Waals surface area contributed by atoms with Gasteiger partial charge in [0.15, 0.2) is 0 Å². The molecule has 4 heteroatoms. The second-order valence-corrected chi connectivity index (χ2v) is 5.75. The zero-order valence-electron chi connectivity index (χ0n) is 12.4. The fraction of sp³-hybridized carbons (Fsp3) is 0.625. The van der Waals surface area contributed by atoms with E-state index in [1.807, 2.05) is 20.0 Å². The van der Waals surface area contributed by atoms with Gasteiger partial charge in [-0.1, -0.05) is 6.07 Å². The molecule has 3 nitrogen and oxygen atoms in total. The van der Waals surface area contributed by atoms with Gasteiger partial charge < -0.3 is 10.5 Å². The molecule has 0 heterocycles. The van der Waals surface area contributed by atoms with E-state index < -0.39 is 0 Å². The minimum Gasteiger partial charge on any atom is -0.380 e. The molecular formula is C16H25FN2O. The lowest BCUT2D eigenvalue weighted by molar-refractivity contribution is 0.0921. The summed E-state index contributed by atoms with van der Waals surface area (Å²) in [6, 6.07) is 4.93. The Balaban J connectivity index is 1.89. The lowest BCUT2D eigenvalue weighted by Crippen LogP contribution is -2.33. The average molecular weight is 280 g/mol. The second kappa shape index (κ2) is 7.16. The summed E-state index contributed by atoms with van der Waals surface area (Å²) in [6.45, 7) is 4.86. The van der Waals surface area contributed by atoms with Crippen molar-refractivity contribution in [2.75, 3.05) is 33.4 Å². The fourth-order valence-corrected chi connectivity index (χ4v) is 2.41. The molecule has 20 heavy (non-hydrogen) atoms. The van der Waals surface area contributed by atoms with Crippen molar-refractivity contribution in [2.24, 2.45) is 11.7 Å². The summed E-state index contributed by atoms with van der Waals surface area (Å²) < 4.78 is 19.1. The van der Waals surface area contributed by atoms with E-state index in [1.165, 1.54) is 18.9 Å². The highest BCUT2D eigenvalue weighted by Gasteiger charge is 2.22. The molecule has 1 saturated carbocycles. The van der Waals surface area contributed by atoms with Crippen LogP contribution in [0.25, 0.3) is 0 Å². The topological polar surface area (TPSA) is 38.5 Å². The predicted octanol–water partition coefficient (Wildman–Crippen LogP) is 2.49. The highest BCUT2D eigenvalue weighted by atomic mass is 19.1. The lowest BCUT2D eigenvalue weighted by atomic mass is 10.00. The molecule has 1 aliphatic carbocycles. The van der Waals surface area contributed by atoms with Crippen molar-refractivity contribution in [2.45, 2.75) is 25.8 Å². The molecule has 1 aromatic carbocycles. The van der Waals surface area contributed by atoms with Crippen LogP contribution in [-0.2, 0) is 4.74 Å². The van der Waals surface area contributed by atoms with E-state index in [-0.39, 0.29) is 11.9 Å². The van der Waals surface area contributed by atoms with Crippen LogP contribution in [-0.4, -0.2) is 38.3 Å². The van der Waals surface area contributed by atoms with Crippen LogP contribution in [0.5, 0.6) is 0 Å². The second-order valence-electron chi connectivity index (χ2n) is 5.75. The first-order chi connectivity index (χ1) is 9.61. The molecule has 2 rings (SSSR count). The minimum atomic E-state index is -0.206. The molecule has 0 radical (unpaired) electrons. The van der Waals surface area contributed by atoms with Crippen LogP contribution in [0, 0.1) is 18.7 Å². The van der Waals surface area contributed by atoms with E-state index in [0.29, 0.717) is 13.2 Å². The van der Waals surface area contributed by atoms with Gasteiger partial charge in [-0.2, -0.15) is 0 Å². The molecule has 112 valence electrons. The van der Waals surface area contributed by atoms with Crippen LogP contribution < -0.4 is 5.73 Å². The maximum atomic E-state index is 13.4. The highest BCUT2D eigenvalue weighted by molar-refractivity contribution is 5.29. The lowest BCUT2D eigenvalue weighted by Gasteiger charge is -2.28. The Morgan fingerprint density at radius 2 is 2.20 bits per heavy atom. The Labute approximate surface area is 120 Å². The number of likely N-dealkylation sites (N-methyl/N-ethyl adjacent to an activating group) is 1. The molecule has 2 N–H and O–H groups in total. The van der Waals surface area contributed by atoms with E-state index >= 15 is 0 Å². The van der Waals surface area contributed by atoms with Gasteiger partial charge in [-0.15, -0.1) is 0 Å². The number of nitrogens with zero attached hydrogens (tertiary/aromatic N) is 1. The first kappa shape index (κ1) is 15.4. The average Bonchev–Trinajstić information content (AvgIpc) is 3.24. The van der Waals surface area contributed by atoms with Gasteiger partial charge in [0.2, 0.25) is 0 Å². The largest absolute Gasteiger partial charge is 0.380 e.